The Labute approximate surface area is 181 Å². The largest absolute Gasteiger partial charge is 0.489 e. The molecular formula is C25H36Cl2O. The summed E-state index contributed by atoms with van der Waals surface area (Å²) in [5, 5.41) is 1.41. The molecule has 0 aromatic heterocycles. The van der Waals surface area contributed by atoms with Crippen LogP contribution in [0.4, 0.5) is 0 Å². The number of ether oxygens (including phenoxy) is 1. The van der Waals surface area contributed by atoms with Gasteiger partial charge in [-0.25, -0.2) is 0 Å². The van der Waals surface area contributed by atoms with Crippen molar-refractivity contribution in [1.29, 1.82) is 0 Å². The Morgan fingerprint density at radius 3 is 2.07 bits per heavy atom. The van der Waals surface area contributed by atoms with E-state index in [-0.39, 0.29) is 6.10 Å². The zero-order chi connectivity index (χ0) is 19.7. The minimum atomic E-state index is 0.283. The van der Waals surface area contributed by atoms with Crippen LogP contribution in [0.3, 0.4) is 0 Å². The monoisotopic (exact) mass is 422 g/mol. The van der Waals surface area contributed by atoms with Crippen LogP contribution in [-0.2, 0) is 6.42 Å². The second kappa shape index (κ2) is 9.17. The summed E-state index contributed by atoms with van der Waals surface area (Å²) in [6.07, 6.45) is 16.0. The molecule has 0 N–H and O–H groups in total. The molecule has 1 atom stereocenters. The molecule has 28 heavy (non-hydrogen) atoms. The number of benzene rings is 1. The maximum Gasteiger partial charge on any atom is 0.143 e. The molecule has 3 aliphatic rings. The minimum Gasteiger partial charge on any atom is -0.489 e. The average molecular weight is 423 g/mol. The highest BCUT2D eigenvalue weighted by Gasteiger charge is 2.33. The Hall–Kier alpha value is -0.400. The molecule has 0 amide bonds. The molecule has 1 unspecified atom stereocenters. The molecule has 0 saturated heterocycles. The highest BCUT2D eigenvalue weighted by Crippen LogP contribution is 2.49. The van der Waals surface area contributed by atoms with Gasteiger partial charge in [-0.15, -0.1) is 0 Å². The van der Waals surface area contributed by atoms with Gasteiger partial charge in [-0.05, 0) is 92.6 Å². The van der Waals surface area contributed by atoms with Crippen LogP contribution in [-0.4, -0.2) is 6.10 Å². The van der Waals surface area contributed by atoms with Gasteiger partial charge >= 0.3 is 0 Å². The Morgan fingerprint density at radius 2 is 1.46 bits per heavy atom. The van der Waals surface area contributed by atoms with Crippen molar-refractivity contribution in [2.75, 3.05) is 0 Å². The molecule has 156 valence electrons. The van der Waals surface area contributed by atoms with Gasteiger partial charge in [0.15, 0.2) is 0 Å². The second-order valence-corrected chi connectivity index (χ2v) is 10.3. The molecule has 1 aromatic carbocycles. The van der Waals surface area contributed by atoms with E-state index < -0.39 is 0 Å². The van der Waals surface area contributed by atoms with Crippen LogP contribution in [0.1, 0.15) is 102 Å². The van der Waals surface area contributed by atoms with Crippen molar-refractivity contribution in [3.63, 3.8) is 0 Å². The molecule has 1 aliphatic heterocycles. The van der Waals surface area contributed by atoms with Crippen LogP contribution in [0.2, 0.25) is 10.0 Å². The lowest BCUT2D eigenvalue weighted by Crippen LogP contribution is -2.25. The first kappa shape index (κ1) is 20.9. The lowest BCUT2D eigenvalue weighted by Gasteiger charge is -2.38. The standard InChI is InChI=1S/C25H36Cl2O/c1-3-16-5-7-17(8-6-16)18-9-11-19(12-10-18)22-15-20-13-14-21(4-2)28-25(20)24(27)23(22)26/h15-19,21H,3-14H2,1-2H3. The summed E-state index contributed by atoms with van der Waals surface area (Å²) >= 11 is 13.4. The first-order valence-corrected chi connectivity index (χ1v) is 12.5. The van der Waals surface area contributed by atoms with Gasteiger partial charge in [0.25, 0.3) is 0 Å². The molecule has 3 heteroatoms. The van der Waals surface area contributed by atoms with E-state index >= 15 is 0 Å². The average Bonchev–Trinajstić information content (AvgIpc) is 2.76. The predicted octanol–water partition coefficient (Wildman–Crippen LogP) is 8.59. The van der Waals surface area contributed by atoms with Crippen molar-refractivity contribution in [3.05, 3.63) is 27.2 Å². The minimum absolute atomic E-state index is 0.283. The van der Waals surface area contributed by atoms with Gasteiger partial charge in [-0.3, -0.25) is 0 Å². The fourth-order valence-electron chi connectivity index (χ4n) is 6.09. The Balaban J connectivity index is 1.42. The van der Waals surface area contributed by atoms with Gasteiger partial charge in [0.2, 0.25) is 0 Å². The van der Waals surface area contributed by atoms with Gasteiger partial charge in [0, 0.05) is 0 Å². The van der Waals surface area contributed by atoms with Gasteiger partial charge in [0.1, 0.15) is 10.8 Å². The van der Waals surface area contributed by atoms with Crippen molar-refractivity contribution in [3.8, 4) is 5.75 Å². The van der Waals surface area contributed by atoms with Crippen molar-refractivity contribution in [2.24, 2.45) is 17.8 Å². The van der Waals surface area contributed by atoms with Crippen LogP contribution in [0, 0.1) is 17.8 Å². The van der Waals surface area contributed by atoms with Crippen LogP contribution >= 0.6 is 23.2 Å². The molecule has 0 radical (unpaired) electrons. The predicted molar refractivity (Wildman–Crippen MR) is 120 cm³/mol. The summed E-state index contributed by atoms with van der Waals surface area (Å²) in [6.45, 7) is 4.53. The zero-order valence-corrected chi connectivity index (χ0v) is 19.1. The molecule has 1 heterocycles. The number of fused-ring (bicyclic) bond motifs is 1. The fraction of sp³-hybridized carbons (Fsp3) is 0.760. The van der Waals surface area contributed by atoms with Gasteiger partial charge in [-0.2, -0.15) is 0 Å². The van der Waals surface area contributed by atoms with Crippen LogP contribution < -0.4 is 4.74 Å². The highest BCUT2D eigenvalue weighted by molar-refractivity contribution is 6.43. The van der Waals surface area contributed by atoms with E-state index in [1.54, 1.807) is 0 Å². The Morgan fingerprint density at radius 1 is 0.821 bits per heavy atom. The van der Waals surface area contributed by atoms with E-state index in [9.17, 15) is 0 Å². The van der Waals surface area contributed by atoms with Crippen molar-refractivity contribution >= 4 is 23.2 Å². The third kappa shape index (κ3) is 4.22. The van der Waals surface area contributed by atoms with E-state index in [2.05, 4.69) is 19.9 Å². The van der Waals surface area contributed by atoms with Gasteiger partial charge in [0.05, 0.1) is 11.1 Å². The summed E-state index contributed by atoms with van der Waals surface area (Å²) in [5.74, 6) is 4.34. The Kier molecular flexibility index (Phi) is 6.83. The zero-order valence-electron chi connectivity index (χ0n) is 17.6. The van der Waals surface area contributed by atoms with Crippen LogP contribution in [0.5, 0.6) is 5.75 Å². The van der Waals surface area contributed by atoms with E-state index in [4.69, 9.17) is 27.9 Å². The smallest absolute Gasteiger partial charge is 0.143 e. The molecule has 0 spiro atoms. The highest BCUT2D eigenvalue weighted by atomic mass is 35.5. The number of rotatable bonds is 4. The van der Waals surface area contributed by atoms with E-state index in [0.29, 0.717) is 10.9 Å². The molecule has 2 saturated carbocycles. The summed E-state index contributed by atoms with van der Waals surface area (Å²) in [6, 6.07) is 2.33. The summed E-state index contributed by atoms with van der Waals surface area (Å²) in [7, 11) is 0. The third-order valence-electron chi connectivity index (χ3n) is 8.09. The van der Waals surface area contributed by atoms with Crippen LogP contribution in [0.25, 0.3) is 0 Å². The van der Waals surface area contributed by atoms with Crippen molar-refractivity contribution in [2.45, 2.75) is 103 Å². The number of halogens is 2. The first-order chi connectivity index (χ1) is 13.6. The van der Waals surface area contributed by atoms with Crippen LogP contribution in [0.15, 0.2) is 6.07 Å². The maximum atomic E-state index is 6.76. The van der Waals surface area contributed by atoms with E-state index in [1.165, 1.54) is 68.9 Å². The van der Waals surface area contributed by atoms with Gasteiger partial charge in [-0.1, -0.05) is 62.4 Å². The van der Waals surface area contributed by atoms with Crippen molar-refractivity contribution in [1.82, 2.24) is 0 Å². The summed E-state index contributed by atoms with van der Waals surface area (Å²) < 4.78 is 6.13. The molecular weight excluding hydrogens is 387 g/mol. The molecule has 2 aliphatic carbocycles. The number of hydrogen-bond acceptors (Lipinski definition) is 1. The normalized spacial score (nSPS) is 33.2. The molecule has 0 bridgehead atoms. The van der Waals surface area contributed by atoms with Crippen molar-refractivity contribution < 1.29 is 4.74 Å². The van der Waals surface area contributed by atoms with Gasteiger partial charge < -0.3 is 4.74 Å². The lowest BCUT2D eigenvalue weighted by molar-refractivity contribution is 0.158. The maximum absolute atomic E-state index is 6.76. The summed E-state index contributed by atoms with van der Waals surface area (Å²) in [5.41, 5.74) is 2.56. The quantitative estimate of drug-likeness (QED) is 0.471. The molecule has 2 fully saturated rings. The third-order valence-corrected chi connectivity index (χ3v) is 8.95. The fourth-order valence-corrected chi connectivity index (χ4v) is 6.66. The van der Waals surface area contributed by atoms with E-state index in [0.717, 1.165) is 47.8 Å². The SMILES string of the molecule is CCC1CCC(C2CCC(c3cc4c(c(Cl)c3Cl)OC(CC)CC4)CC2)CC1. The molecule has 1 nitrogen and oxygen atoms in total. The first-order valence-electron chi connectivity index (χ1n) is 11.8. The number of hydrogen-bond donors (Lipinski definition) is 0. The molecule has 1 aromatic rings. The second-order valence-electron chi connectivity index (χ2n) is 9.57. The topological polar surface area (TPSA) is 9.23 Å². The lowest BCUT2D eigenvalue weighted by atomic mass is 9.68. The molecule has 4 rings (SSSR count). The van der Waals surface area contributed by atoms with E-state index in [1.807, 2.05) is 0 Å². The summed E-state index contributed by atoms with van der Waals surface area (Å²) in [4.78, 5) is 0. The number of aryl methyl sites for hydroxylation is 1. The Bertz CT molecular complexity index is 670.